The molecule has 0 atom stereocenters. The molecule has 0 saturated carbocycles. The van der Waals surface area contributed by atoms with E-state index in [4.69, 9.17) is 22.4 Å². The third-order valence-electron chi connectivity index (χ3n) is 1.68. The van der Waals surface area contributed by atoms with E-state index in [1.165, 1.54) is 0 Å². The molecule has 3 N–H and O–H groups in total. The zero-order chi connectivity index (χ0) is 9.68. The fourth-order valence-electron chi connectivity index (χ4n) is 1.01. The Balaban J connectivity index is 2.97. The summed E-state index contributed by atoms with van der Waals surface area (Å²) in [5.41, 5.74) is 7.05. The lowest BCUT2D eigenvalue weighted by Gasteiger charge is -2.01. The number of nitrogens with two attached hydrogens (primary N) is 1. The second kappa shape index (κ2) is 5.02. The maximum Gasteiger partial charge on any atom is 0.0682 e. The molecule has 0 unspecified atom stereocenters. The summed E-state index contributed by atoms with van der Waals surface area (Å²) >= 11 is 5.92. The van der Waals surface area contributed by atoms with Gasteiger partial charge in [-0.3, -0.25) is 0 Å². The quantitative estimate of drug-likeness (QED) is 0.777. The van der Waals surface area contributed by atoms with Crippen molar-refractivity contribution in [1.82, 2.24) is 0 Å². The molecule has 0 saturated heterocycles. The summed E-state index contributed by atoms with van der Waals surface area (Å²) in [6.45, 7) is 0.514. The largest absolute Gasteiger partial charge is 0.392 e. The summed E-state index contributed by atoms with van der Waals surface area (Å²) < 4.78 is 0. The van der Waals surface area contributed by atoms with E-state index in [0.29, 0.717) is 11.6 Å². The Kier molecular flexibility index (Phi) is 3.96. The van der Waals surface area contributed by atoms with Gasteiger partial charge in [0.1, 0.15) is 0 Å². The van der Waals surface area contributed by atoms with Crippen LogP contribution < -0.4 is 5.73 Å². The molecule has 2 nitrogen and oxygen atoms in total. The zero-order valence-electron chi connectivity index (χ0n) is 7.20. The predicted molar refractivity (Wildman–Crippen MR) is 55.5 cm³/mol. The summed E-state index contributed by atoms with van der Waals surface area (Å²) in [7, 11) is 0. The molecule has 3 heteroatoms. The van der Waals surface area contributed by atoms with E-state index in [-0.39, 0.29) is 6.61 Å². The first kappa shape index (κ1) is 10.3. The summed E-state index contributed by atoms with van der Waals surface area (Å²) in [5.74, 6) is 0. The van der Waals surface area contributed by atoms with Crippen molar-refractivity contribution < 1.29 is 5.11 Å². The van der Waals surface area contributed by atoms with Crippen molar-refractivity contribution in [3.63, 3.8) is 0 Å². The molecule has 0 radical (unpaired) electrons. The minimum absolute atomic E-state index is 0.0284. The lowest BCUT2D eigenvalue weighted by Crippen LogP contribution is -1.92. The molecule has 70 valence electrons. The molecule has 0 aliphatic heterocycles. The standard InChI is InChI=1S/C10H12ClNO/c11-10-4-3-8(7-13)6-9(10)2-1-5-12/h1-4,6,13H,5,7,12H2. The maximum atomic E-state index is 8.89. The summed E-state index contributed by atoms with van der Waals surface area (Å²) in [4.78, 5) is 0. The topological polar surface area (TPSA) is 46.2 Å². The average Bonchev–Trinajstić information content (AvgIpc) is 2.17. The van der Waals surface area contributed by atoms with Crippen LogP contribution in [0.3, 0.4) is 0 Å². The van der Waals surface area contributed by atoms with Crippen LogP contribution in [-0.4, -0.2) is 11.7 Å². The molecule has 1 aromatic rings. The fourth-order valence-corrected chi connectivity index (χ4v) is 1.19. The lowest BCUT2D eigenvalue weighted by molar-refractivity contribution is 0.282. The Hall–Kier alpha value is -0.830. The second-order valence-corrected chi connectivity index (χ2v) is 3.06. The number of hydrogen-bond acceptors (Lipinski definition) is 2. The highest BCUT2D eigenvalue weighted by Gasteiger charge is 1.97. The van der Waals surface area contributed by atoms with Crippen LogP contribution in [0.1, 0.15) is 11.1 Å². The monoisotopic (exact) mass is 197 g/mol. The molecule has 0 aromatic heterocycles. The van der Waals surface area contributed by atoms with E-state index >= 15 is 0 Å². The smallest absolute Gasteiger partial charge is 0.0682 e. The van der Waals surface area contributed by atoms with Crippen LogP contribution in [0.25, 0.3) is 6.08 Å². The van der Waals surface area contributed by atoms with Gasteiger partial charge in [0.25, 0.3) is 0 Å². The van der Waals surface area contributed by atoms with Gasteiger partial charge < -0.3 is 10.8 Å². The molecular formula is C10H12ClNO. The first-order valence-electron chi connectivity index (χ1n) is 4.04. The summed E-state index contributed by atoms with van der Waals surface area (Å²) in [6, 6.07) is 5.40. The van der Waals surface area contributed by atoms with Crippen LogP contribution in [-0.2, 0) is 6.61 Å². The van der Waals surface area contributed by atoms with Gasteiger partial charge in [0, 0.05) is 11.6 Å². The first-order valence-corrected chi connectivity index (χ1v) is 4.41. The third-order valence-corrected chi connectivity index (χ3v) is 2.02. The van der Waals surface area contributed by atoms with Crippen molar-refractivity contribution in [2.24, 2.45) is 5.73 Å². The van der Waals surface area contributed by atoms with E-state index in [2.05, 4.69) is 0 Å². The maximum absolute atomic E-state index is 8.89. The molecule has 0 aliphatic rings. The molecule has 1 rings (SSSR count). The van der Waals surface area contributed by atoms with Crippen LogP contribution in [0.2, 0.25) is 5.02 Å². The van der Waals surface area contributed by atoms with Gasteiger partial charge in [-0.15, -0.1) is 0 Å². The van der Waals surface area contributed by atoms with Crippen LogP contribution in [0.5, 0.6) is 0 Å². The molecule has 0 heterocycles. The van der Waals surface area contributed by atoms with Gasteiger partial charge in [-0.05, 0) is 23.3 Å². The molecule has 13 heavy (non-hydrogen) atoms. The number of halogens is 1. The van der Waals surface area contributed by atoms with Crippen molar-refractivity contribution in [2.75, 3.05) is 6.54 Å². The SMILES string of the molecule is NCC=Cc1cc(CO)ccc1Cl. The van der Waals surface area contributed by atoms with Crippen LogP contribution in [0.15, 0.2) is 24.3 Å². The molecule has 0 aliphatic carbocycles. The minimum Gasteiger partial charge on any atom is -0.392 e. The fraction of sp³-hybridized carbons (Fsp3) is 0.200. The van der Waals surface area contributed by atoms with Crippen molar-refractivity contribution in [3.8, 4) is 0 Å². The molecular weight excluding hydrogens is 186 g/mol. The third kappa shape index (κ3) is 2.84. The highest BCUT2D eigenvalue weighted by Crippen LogP contribution is 2.18. The van der Waals surface area contributed by atoms with Crippen molar-refractivity contribution in [3.05, 3.63) is 40.4 Å². The number of aliphatic hydroxyl groups excluding tert-OH is 1. The summed E-state index contributed by atoms with van der Waals surface area (Å²) in [6.07, 6.45) is 3.67. The molecule has 0 fully saturated rings. The Bertz CT molecular complexity index is 310. The van der Waals surface area contributed by atoms with E-state index in [1.54, 1.807) is 12.1 Å². The average molecular weight is 198 g/mol. The number of benzene rings is 1. The van der Waals surface area contributed by atoms with Gasteiger partial charge in [-0.1, -0.05) is 29.8 Å². The van der Waals surface area contributed by atoms with E-state index < -0.39 is 0 Å². The van der Waals surface area contributed by atoms with Gasteiger partial charge >= 0.3 is 0 Å². The Morgan fingerprint density at radius 3 is 2.85 bits per heavy atom. The van der Waals surface area contributed by atoms with E-state index in [1.807, 2.05) is 18.2 Å². The van der Waals surface area contributed by atoms with Crippen LogP contribution >= 0.6 is 11.6 Å². The highest BCUT2D eigenvalue weighted by molar-refractivity contribution is 6.32. The normalized spacial score (nSPS) is 11.0. The van der Waals surface area contributed by atoms with Gasteiger partial charge in [-0.2, -0.15) is 0 Å². The van der Waals surface area contributed by atoms with E-state index in [0.717, 1.165) is 11.1 Å². The van der Waals surface area contributed by atoms with Gasteiger partial charge in [0.05, 0.1) is 6.61 Å². The first-order chi connectivity index (χ1) is 6.27. The van der Waals surface area contributed by atoms with Crippen molar-refractivity contribution in [1.29, 1.82) is 0 Å². The summed E-state index contributed by atoms with van der Waals surface area (Å²) in [5, 5.41) is 9.55. The van der Waals surface area contributed by atoms with Crippen molar-refractivity contribution >= 4 is 17.7 Å². The molecule has 1 aromatic carbocycles. The highest BCUT2D eigenvalue weighted by atomic mass is 35.5. The van der Waals surface area contributed by atoms with E-state index in [9.17, 15) is 0 Å². The second-order valence-electron chi connectivity index (χ2n) is 2.65. The molecule has 0 bridgehead atoms. The molecule has 0 spiro atoms. The van der Waals surface area contributed by atoms with Gasteiger partial charge in [0.15, 0.2) is 0 Å². The van der Waals surface area contributed by atoms with Crippen molar-refractivity contribution in [2.45, 2.75) is 6.61 Å². The van der Waals surface area contributed by atoms with Crippen LogP contribution in [0, 0.1) is 0 Å². The lowest BCUT2D eigenvalue weighted by atomic mass is 10.1. The Morgan fingerprint density at radius 2 is 2.23 bits per heavy atom. The molecule has 0 amide bonds. The predicted octanol–water partition coefficient (Wildman–Crippen LogP) is 1.80. The van der Waals surface area contributed by atoms with Gasteiger partial charge in [0.2, 0.25) is 0 Å². The van der Waals surface area contributed by atoms with Gasteiger partial charge in [-0.25, -0.2) is 0 Å². The Labute approximate surface area is 82.6 Å². The number of aliphatic hydroxyl groups is 1. The number of hydrogen-bond donors (Lipinski definition) is 2. The zero-order valence-corrected chi connectivity index (χ0v) is 7.96. The number of rotatable bonds is 3. The minimum atomic E-state index is 0.0284. The Morgan fingerprint density at radius 1 is 1.46 bits per heavy atom. The van der Waals surface area contributed by atoms with Crippen LogP contribution in [0.4, 0.5) is 0 Å².